The number of aromatic nitrogens is 3. The average Bonchev–Trinajstić information content (AvgIpc) is 3.17. The van der Waals surface area contributed by atoms with Gasteiger partial charge in [-0.25, -0.2) is 9.97 Å². The molecule has 9 heteroatoms. The molecule has 0 bridgehead atoms. The Morgan fingerprint density at radius 1 is 1.09 bits per heavy atom. The third-order valence-electron chi connectivity index (χ3n) is 5.80. The lowest BCUT2D eigenvalue weighted by Gasteiger charge is -2.18. The number of nitrogens with zero attached hydrogens (tertiary/aromatic N) is 4. The first kappa shape index (κ1) is 22.9. The SMILES string of the molecule is CCC(C)n1c(NC(=O)c2cc(OC)c(OC)c(OC)c2)c(C#N)c2nc3ccccc3nc21. The van der Waals surface area contributed by atoms with Gasteiger partial charge in [-0.3, -0.25) is 4.79 Å². The van der Waals surface area contributed by atoms with Crippen LogP contribution in [0.4, 0.5) is 5.82 Å². The van der Waals surface area contributed by atoms with Crippen LogP contribution < -0.4 is 19.5 Å². The number of hydrogen-bond donors (Lipinski definition) is 1. The summed E-state index contributed by atoms with van der Waals surface area (Å²) in [5.74, 6) is 0.996. The number of methoxy groups -OCH3 is 3. The maximum Gasteiger partial charge on any atom is 0.257 e. The molecule has 1 unspecified atom stereocenters. The largest absolute Gasteiger partial charge is 0.493 e. The number of rotatable bonds is 7. The highest BCUT2D eigenvalue weighted by Gasteiger charge is 2.26. The number of nitrogens with one attached hydrogen (secondary N) is 1. The molecule has 4 aromatic rings. The predicted molar refractivity (Wildman–Crippen MR) is 129 cm³/mol. The smallest absolute Gasteiger partial charge is 0.257 e. The van der Waals surface area contributed by atoms with E-state index in [1.165, 1.54) is 21.3 Å². The van der Waals surface area contributed by atoms with Gasteiger partial charge in [0.15, 0.2) is 17.1 Å². The van der Waals surface area contributed by atoms with Crippen molar-refractivity contribution >= 4 is 33.9 Å². The molecule has 1 amide bonds. The number of amides is 1. The van der Waals surface area contributed by atoms with Crippen LogP contribution in [0.1, 0.15) is 42.2 Å². The predicted octanol–water partition coefficient (Wildman–Crippen LogP) is 4.71. The maximum absolute atomic E-state index is 13.4. The fraction of sp³-hybridized carbons (Fsp3) is 0.280. The Kier molecular flexibility index (Phi) is 6.23. The number of carbonyl (C=O) groups is 1. The number of carbonyl (C=O) groups excluding carboxylic acids is 1. The Bertz CT molecular complexity index is 1410. The van der Waals surface area contributed by atoms with Crippen molar-refractivity contribution in [2.75, 3.05) is 26.6 Å². The van der Waals surface area contributed by atoms with Gasteiger partial charge in [-0.05, 0) is 37.6 Å². The number of hydrogen-bond acceptors (Lipinski definition) is 7. The van der Waals surface area contributed by atoms with E-state index in [4.69, 9.17) is 24.2 Å². The summed E-state index contributed by atoms with van der Waals surface area (Å²) in [5.41, 5.74) is 2.92. The summed E-state index contributed by atoms with van der Waals surface area (Å²) in [6.07, 6.45) is 0.760. The minimum absolute atomic E-state index is 0.0460. The zero-order valence-corrected chi connectivity index (χ0v) is 19.7. The minimum Gasteiger partial charge on any atom is -0.493 e. The van der Waals surface area contributed by atoms with Crippen molar-refractivity contribution in [1.29, 1.82) is 5.26 Å². The van der Waals surface area contributed by atoms with Gasteiger partial charge in [0.25, 0.3) is 5.91 Å². The molecule has 2 aromatic carbocycles. The molecular weight excluding hydrogens is 434 g/mol. The quantitative estimate of drug-likeness (QED) is 0.426. The molecule has 34 heavy (non-hydrogen) atoms. The molecular formula is C25H25N5O4. The molecule has 2 aromatic heterocycles. The van der Waals surface area contributed by atoms with E-state index in [1.807, 2.05) is 42.7 Å². The Balaban J connectivity index is 1.90. The highest BCUT2D eigenvalue weighted by molar-refractivity contribution is 6.07. The van der Waals surface area contributed by atoms with Gasteiger partial charge in [0, 0.05) is 11.6 Å². The fourth-order valence-corrected chi connectivity index (χ4v) is 3.90. The molecule has 9 nitrogen and oxygen atoms in total. The number of ether oxygens (including phenoxy) is 3. The summed E-state index contributed by atoms with van der Waals surface area (Å²) in [6, 6.07) is 12.8. The molecule has 0 aliphatic carbocycles. The van der Waals surface area contributed by atoms with Gasteiger partial charge in [-0.1, -0.05) is 19.1 Å². The molecule has 1 N–H and O–H groups in total. The lowest BCUT2D eigenvalue weighted by molar-refractivity contribution is 0.102. The minimum atomic E-state index is -0.437. The van der Waals surface area contributed by atoms with Crippen molar-refractivity contribution in [3.8, 4) is 23.3 Å². The Morgan fingerprint density at radius 3 is 2.24 bits per heavy atom. The molecule has 0 aliphatic heterocycles. The molecule has 0 saturated heterocycles. The monoisotopic (exact) mass is 459 g/mol. The molecule has 0 saturated carbocycles. The van der Waals surface area contributed by atoms with Crippen molar-refractivity contribution in [3.63, 3.8) is 0 Å². The number of anilines is 1. The first-order chi connectivity index (χ1) is 16.5. The van der Waals surface area contributed by atoms with Gasteiger partial charge in [0.05, 0.1) is 32.4 Å². The molecule has 0 aliphatic rings. The van der Waals surface area contributed by atoms with Crippen molar-refractivity contribution in [2.24, 2.45) is 0 Å². The van der Waals surface area contributed by atoms with E-state index in [9.17, 15) is 10.1 Å². The number of nitriles is 1. The highest BCUT2D eigenvalue weighted by Crippen LogP contribution is 2.39. The van der Waals surface area contributed by atoms with Crippen molar-refractivity contribution in [2.45, 2.75) is 26.3 Å². The third kappa shape index (κ3) is 3.73. The topological polar surface area (TPSA) is 111 Å². The second kappa shape index (κ2) is 9.27. The summed E-state index contributed by atoms with van der Waals surface area (Å²) >= 11 is 0. The van der Waals surface area contributed by atoms with Crippen LogP contribution in [0.5, 0.6) is 17.2 Å². The molecule has 4 rings (SSSR count). The zero-order valence-electron chi connectivity index (χ0n) is 19.7. The highest BCUT2D eigenvalue weighted by atomic mass is 16.5. The van der Waals surface area contributed by atoms with E-state index in [0.29, 0.717) is 45.3 Å². The number of para-hydroxylation sites is 2. The summed E-state index contributed by atoms with van der Waals surface area (Å²) < 4.78 is 18.0. The van der Waals surface area contributed by atoms with Gasteiger partial charge in [-0.15, -0.1) is 0 Å². The van der Waals surface area contributed by atoms with Crippen LogP contribution in [-0.2, 0) is 0 Å². The third-order valence-corrected chi connectivity index (χ3v) is 5.80. The van der Waals surface area contributed by atoms with Crippen LogP contribution in [0.2, 0.25) is 0 Å². The summed E-state index contributed by atoms with van der Waals surface area (Å²) in [4.78, 5) is 22.8. The van der Waals surface area contributed by atoms with Gasteiger partial charge < -0.3 is 24.1 Å². The molecule has 0 radical (unpaired) electrons. The summed E-state index contributed by atoms with van der Waals surface area (Å²) in [6.45, 7) is 4.04. The first-order valence-corrected chi connectivity index (χ1v) is 10.8. The molecule has 0 fully saturated rings. The maximum atomic E-state index is 13.4. The molecule has 0 spiro atoms. The van der Waals surface area contributed by atoms with E-state index in [0.717, 1.165) is 6.42 Å². The first-order valence-electron chi connectivity index (χ1n) is 10.8. The molecule has 2 heterocycles. The molecule has 174 valence electrons. The Morgan fingerprint density at radius 2 is 1.71 bits per heavy atom. The fourth-order valence-electron chi connectivity index (χ4n) is 3.90. The molecule has 1 atom stereocenters. The van der Waals surface area contributed by atoms with Crippen molar-refractivity contribution in [1.82, 2.24) is 14.5 Å². The van der Waals surface area contributed by atoms with Gasteiger partial charge in [0.1, 0.15) is 23.0 Å². The van der Waals surface area contributed by atoms with Crippen LogP contribution in [0.25, 0.3) is 22.2 Å². The van der Waals surface area contributed by atoms with E-state index in [2.05, 4.69) is 11.4 Å². The van der Waals surface area contributed by atoms with Crippen LogP contribution in [0, 0.1) is 11.3 Å². The Hall–Kier alpha value is -4.32. The van der Waals surface area contributed by atoms with E-state index in [-0.39, 0.29) is 17.2 Å². The van der Waals surface area contributed by atoms with Crippen LogP contribution in [-0.4, -0.2) is 41.8 Å². The lowest BCUT2D eigenvalue weighted by Crippen LogP contribution is -2.18. The summed E-state index contributed by atoms with van der Waals surface area (Å²) in [7, 11) is 4.46. The van der Waals surface area contributed by atoms with Gasteiger partial charge in [0.2, 0.25) is 5.75 Å². The lowest BCUT2D eigenvalue weighted by atomic mass is 10.1. The van der Waals surface area contributed by atoms with E-state index < -0.39 is 5.91 Å². The van der Waals surface area contributed by atoms with Crippen LogP contribution >= 0.6 is 0 Å². The van der Waals surface area contributed by atoms with Gasteiger partial charge in [-0.2, -0.15) is 5.26 Å². The van der Waals surface area contributed by atoms with E-state index in [1.54, 1.807) is 12.1 Å². The van der Waals surface area contributed by atoms with Crippen LogP contribution in [0.15, 0.2) is 36.4 Å². The number of fused-ring (bicyclic) bond motifs is 2. The summed E-state index contributed by atoms with van der Waals surface area (Å²) in [5, 5.41) is 12.9. The number of benzene rings is 2. The zero-order chi connectivity index (χ0) is 24.4. The Labute approximate surface area is 196 Å². The average molecular weight is 460 g/mol. The van der Waals surface area contributed by atoms with Gasteiger partial charge >= 0.3 is 0 Å². The standard InChI is InChI=1S/C25H25N5O4/c1-6-14(2)30-23(16(13-26)21-24(30)28-18-10-8-7-9-17(18)27-21)29-25(31)15-11-19(32-3)22(34-5)20(12-15)33-4/h7-12,14H,6H2,1-5H3,(H,29,31). The second-order valence-electron chi connectivity index (χ2n) is 7.72. The van der Waals surface area contributed by atoms with E-state index >= 15 is 0 Å². The van der Waals surface area contributed by atoms with Crippen molar-refractivity contribution < 1.29 is 19.0 Å². The normalized spacial score (nSPS) is 11.8. The second-order valence-corrected chi connectivity index (χ2v) is 7.72. The van der Waals surface area contributed by atoms with Crippen LogP contribution in [0.3, 0.4) is 0 Å². The van der Waals surface area contributed by atoms with Crippen molar-refractivity contribution in [3.05, 3.63) is 47.5 Å².